The van der Waals surface area contributed by atoms with E-state index in [1.165, 1.54) is 10.9 Å². The maximum Gasteiger partial charge on any atom is 0.317 e. The van der Waals surface area contributed by atoms with Crippen LogP contribution in [0, 0.1) is 13.8 Å². The Bertz CT molecular complexity index is 897. The Morgan fingerprint density at radius 1 is 1.15 bits per heavy atom. The zero-order valence-corrected chi connectivity index (χ0v) is 15.6. The van der Waals surface area contributed by atoms with E-state index in [0.29, 0.717) is 12.3 Å². The summed E-state index contributed by atoms with van der Waals surface area (Å²) >= 11 is 6.13. The number of nitrogens with one attached hydrogen (secondary N) is 3. The van der Waals surface area contributed by atoms with Crippen LogP contribution in [0.15, 0.2) is 42.6 Å². The lowest BCUT2D eigenvalue weighted by atomic mass is 10.1. The monoisotopic (exact) mass is 371 g/mol. The molecular weight excluding hydrogens is 350 g/mol. The van der Waals surface area contributed by atoms with Gasteiger partial charge in [0.25, 0.3) is 0 Å². The number of aromatic amines is 1. The molecule has 2 amide bonds. The van der Waals surface area contributed by atoms with Gasteiger partial charge in [-0.15, -0.1) is 0 Å². The van der Waals surface area contributed by atoms with E-state index in [9.17, 15) is 4.79 Å². The Morgan fingerprint density at radius 3 is 2.65 bits per heavy atom. The highest BCUT2D eigenvalue weighted by Gasteiger charge is 2.06. The molecular formula is C20H22ClN3O2. The molecule has 3 rings (SSSR count). The number of carbonyl (C=O) groups is 1. The minimum atomic E-state index is -0.257. The summed E-state index contributed by atoms with van der Waals surface area (Å²) < 4.78 is 5.57. The Labute approximate surface area is 157 Å². The fourth-order valence-corrected chi connectivity index (χ4v) is 3.00. The van der Waals surface area contributed by atoms with E-state index < -0.39 is 0 Å². The number of para-hydroxylation sites is 1. The third kappa shape index (κ3) is 4.29. The molecule has 0 radical (unpaired) electrons. The first kappa shape index (κ1) is 18.1. The lowest BCUT2D eigenvalue weighted by Crippen LogP contribution is -2.38. The summed E-state index contributed by atoms with van der Waals surface area (Å²) in [5, 5.41) is 7.45. The molecule has 0 aliphatic rings. The molecule has 0 bridgehead atoms. The number of aryl methyl sites for hydroxylation is 2. The minimum Gasteiger partial charge on any atom is -0.473 e. The van der Waals surface area contributed by atoms with Gasteiger partial charge in [-0.2, -0.15) is 0 Å². The Hall–Kier alpha value is -2.66. The number of fused-ring (bicyclic) bond motifs is 1. The van der Waals surface area contributed by atoms with Gasteiger partial charge in [-0.3, -0.25) is 0 Å². The molecule has 0 aliphatic carbocycles. The number of carbonyl (C=O) groups excluding carboxylic acids is 1. The summed E-state index contributed by atoms with van der Waals surface area (Å²) in [6.07, 6.45) is 2.74. The number of ether oxygens (including phenoxy) is 1. The molecule has 0 unspecified atom stereocenters. The number of hydrogen-bond acceptors (Lipinski definition) is 2. The number of hydrogen-bond donors (Lipinski definition) is 3. The van der Waals surface area contributed by atoms with E-state index in [-0.39, 0.29) is 12.8 Å². The second kappa shape index (κ2) is 8.15. The topological polar surface area (TPSA) is 66.2 Å². The van der Waals surface area contributed by atoms with Gasteiger partial charge in [-0.25, -0.2) is 4.79 Å². The first-order chi connectivity index (χ1) is 12.5. The van der Waals surface area contributed by atoms with Crippen LogP contribution < -0.4 is 15.4 Å². The lowest BCUT2D eigenvalue weighted by Gasteiger charge is -2.11. The van der Waals surface area contributed by atoms with Crippen LogP contribution in [-0.2, 0) is 6.42 Å². The van der Waals surface area contributed by atoms with Gasteiger partial charge in [0, 0.05) is 28.7 Å². The van der Waals surface area contributed by atoms with Gasteiger partial charge < -0.3 is 20.4 Å². The third-order valence-electron chi connectivity index (χ3n) is 4.24. The van der Waals surface area contributed by atoms with Crippen LogP contribution in [0.2, 0.25) is 5.02 Å². The molecule has 2 aromatic carbocycles. The number of H-pyrrole nitrogens is 1. The number of rotatable bonds is 6. The largest absolute Gasteiger partial charge is 0.473 e. The molecule has 26 heavy (non-hydrogen) atoms. The van der Waals surface area contributed by atoms with E-state index in [2.05, 4.69) is 21.7 Å². The van der Waals surface area contributed by atoms with Crippen LogP contribution in [0.3, 0.4) is 0 Å². The van der Waals surface area contributed by atoms with Crippen molar-refractivity contribution in [2.24, 2.45) is 0 Å². The van der Waals surface area contributed by atoms with Crippen LogP contribution in [0.5, 0.6) is 5.75 Å². The Balaban J connectivity index is 1.42. The average molecular weight is 372 g/mol. The van der Waals surface area contributed by atoms with Crippen molar-refractivity contribution in [2.45, 2.75) is 20.3 Å². The molecule has 5 nitrogen and oxygen atoms in total. The maximum atomic E-state index is 11.9. The standard InChI is InChI=1S/C20H22ClN3O2/c1-13-9-16(10-14(2)19(13)21)26-12-24-20(25)22-8-7-15-11-23-18-6-4-3-5-17(15)18/h3-6,9-11,23H,7-8,12H2,1-2H3,(H2,22,24,25). The number of benzene rings is 2. The fourth-order valence-electron chi connectivity index (χ4n) is 2.89. The number of urea groups is 1. The van der Waals surface area contributed by atoms with Crippen molar-refractivity contribution in [1.29, 1.82) is 0 Å². The van der Waals surface area contributed by atoms with Gasteiger partial charge >= 0.3 is 6.03 Å². The molecule has 0 saturated heterocycles. The summed E-state index contributed by atoms with van der Waals surface area (Å²) in [7, 11) is 0. The highest BCUT2D eigenvalue weighted by molar-refractivity contribution is 6.32. The van der Waals surface area contributed by atoms with E-state index >= 15 is 0 Å². The van der Waals surface area contributed by atoms with Crippen LogP contribution in [-0.4, -0.2) is 24.3 Å². The zero-order chi connectivity index (χ0) is 18.5. The van der Waals surface area contributed by atoms with Crippen molar-refractivity contribution in [2.75, 3.05) is 13.3 Å². The number of amides is 2. The average Bonchev–Trinajstić information content (AvgIpc) is 3.03. The summed E-state index contributed by atoms with van der Waals surface area (Å²) in [5.41, 5.74) is 4.19. The molecule has 1 aromatic heterocycles. The smallest absolute Gasteiger partial charge is 0.317 e. The van der Waals surface area contributed by atoms with Gasteiger partial charge in [0.05, 0.1) is 0 Å². The summed E-state index contributed by atoms with van der Waals surface area (Å²) in [5.74, 6) is 0.684. The van der Waals surface area contributed by atoms with Crippen molar-refractivity contribution in [1.82, 2.24) is 15.6 Å². The maximum absolute atomic E-state index is 11.9. The van der Waals surface area contributed by atoms with E-state index in [4.69, 9.17) is 16.3 Å². The number of halogens is 1. The molecule has 0 saturated carbocycles. The SMILES string of the molecule is Cc1cc(OCNC(=O)NCCc2c[nH]c3ccccc23)cc(C)c1Cl. The molecule has 0 atom stereocenters. The predicted octanol–water partition coefficient (Wildman–Crippen LogP) is 4.32. The highest BCUT2D eigenvalue weighted by Crippen LogP contribution is 2.25. The normalized spacial score (nSPS) is 10.7. The van der Waals surface area contributed by atoms with E-state index in [0.717, 1.165) is 28.1 Å². The molecule has 6 heteroatoms. The first-order valence-electron chi connectivity index (χ1n) is 8.51. The summed E-state index contributed by atoms with van der Waals surface area (Å²) in [4.78, 5) is 15.1. The second-order valence-electron chi connectivity index (χ2n) is 6.20. The van der Waals surface area contributed by atoms with Crippen molar-refractivity contribution in [3.63, 3.8) is 0 Å². The molecule has 3 aromatic rings. The highest BCUT2D eigenvalue weighted by atomic mass is 35.5. The predicted molar refractivity (Wildman–Crippen MR) is 105 cm³/mol. The van der Waals surface area contributed by atoms with Crippen LogP contribution >= 0.6 is 11.6 Å². The molecule has 0 spiro atoms. The fraction of sp³-hybridized carbons (Fsp3) is 0.250. The molecule has 136 valence electrons. The van der Waals surface area contributed by atoms with Crippen LogP contribution in [0.25, 0.3) is 10.9 Å². The molecule has 1 heterocycles. The number of aromatic nitrogens is 1. The summed E-state index contributed by atoms with van der Waals surface area (Å²) in [6, 6.07) is 11.6. The first-order valence-corrected chi connectivity index (χ1v) is 8.88. The van der Waals surface area contributed by atoms with Crippen molar-refractivity contribution in [3.8, 4) is 5.75 Å². The third-order valence-corrected chi connectivity index (χ3v) is 4.83. The van der Waals surface area contributed by atoms with Gasteiger partial charge in [-0.05, 0) is 55.2 Å². The van der Waals surface area contributed by atoms with Crippen molar-refractivity contribution < 1.29 is 9.53 Å². The van der Waals surface area contributed by atoms with Gasteiger partial charge in [0.2, 0.25) is 0 Å². The molecule has 3 N–H and O–H groups in total. The molecule has 0 aliphatic heterocycles. The Kier molecular flexibility index (Phi) is 5.68. The van der Waals surface area contributed by atoms with E-state index in [1.54, 1.807) is 0 Å². The van der Waals surface area contributed by atoms with Crippen LogP contribution in [0.1, 0.15) is 16.7 Å². The zero-order valence-electron chi connectivity index (χ0n) is 14.9. The molecule has 0 fully saturated rings. The quantitative estimate of drug-likeness (QED) is 0.565. The van der Waals surface area contributed by atoms with Gasteiger partial charge in [0.15, 0.2) is 6.73 Å². The van der Waals surface area contributed by atoms with Gasteiger partial charge in [0.1, 0.15) is 5.75 Å². The Morgan fingerprint density at radius 2 is 1.88 bits per heavy atom. The van der Waals surface area contributed by atoms with Crippen molar-refractivity contribution >= 4 is 28.5 Å². The summed E-state index contributed by atoms with van der Waals surface area (Å²) in [6.45, 7) is 4.49. The van der Waals surface area contributed by atoms with Crippen LogP contribution in [0.4, 0.5) is 4.79 Å². The lowest BCUT2D eigenvalue weighted by molar-refractivity contribution is 0.224. The second-order valence-corrected chi connectivity index (χ2v) is 6.58. The minimum absolute atomic E-state index is 0.0967. The van der Waals surface area contributed by atoms with Gasteiger partial charge in [-0.1, -0.05) is 29.8 Å². The van der Waals surface area contributed by atoms with Crippen molar-refractivity contribution in [3.05, 3.63) is 64.3 Å². The van der Waals surface area contributed by atoms with E-state index in [1.807, 2.05) is 50.4 Å².